The van der Waals surface area contributed by atoms with E-state index in [9.17, 15) is 9.90 Å². The number of hydrogen-bond acceptors (Lipinski definition) is 6. The lowest BCUT2D eigenvalue weighted by molar-refractivity contribution is -0.114. The van der Waals surface area contributed by atoms with Gasteiger partial charge in [0, 0.05) is 30.8 Å². The molecule has 0 spiro atoms. The Morgan fingerprint density at radius 2 is 2.00 bits per heavy atom. The van der Waals surface area contributed by atoms with Crippen LogP contribution < -0.4 is 16.4 Å². The molecular formula is C21H20N6O2. The van der Waals surface area contributed by atoms with Crippen molar-refractivity contribution < 1.29 is 9.90 Å². The molecule has 5 N–H and O–H groups in total. The second-order valence-corrected chi connectivity index (χ2v) is 6.61. The summed E-state index contributed by atoms with van der Waals surface area (Å²) in [4.78, 5) is 15.8. The molecule has 0 bridgehead atoms. The summed E-state index contributed by atoms with van der Waals surface area (Å²) in [6, 6.07) is 16.4. The van der Waals surface area contributed by atoms with Crippen LogP contribution in [0.3, 0.4) is 0 Å². The molecule has 0 atom stereocenters. The van der Waals surface area contributed by atoms with E-state index in [2.05, 4.69) is 20.7 Å². The first-order valence-electron chi connectivity index (χ1n) is 9.04. The summed E-state index contributed by atoms with van der Waals surface area (Å²) < 4.78 is 1.62. The summed E-state index contributed by atoms with van der Waals surface area (Å²) >= 11 is 0. The Bertz CT molecular complexity index is 1200. The van der Waals surface area contributed by atoms with Gasteiger partial charge in [-0.1, -0.05) is 24.3 Å². The summed E-state index contributed by atoms with van der Waals surface area (Å²) in [5, 5.41) is 20.6. The van der Waals surface area contributed by atoms with Crippen molar-refractivity contribution in [1.82, 2.24) is 14.6 Å². The van der Waals surface area contributed by atoms with Crippen LogP contribution in [0.5, 0.6) is 5.75 Å². The van der Waals surface area contributed by atoms with Crippen LogP contribution >= 0.6 is 0 Å². The summed E-state index contributed by atoms with van der Waals surface area (Å²) in [6.45, 7) is 1.97. The van der Waals surface area contributed by atoms with E-state index in [0.717, 1.165) is 11.3 Å². The molecule has 0 saturated heterocycles. The van der Waals surface area contributed by atoms with Gasteiger partial charge in [-0.3, -0.25) is 4.79 Å². The Morgan fingerprint density at radius 1 is 1.17 bits per heavy atom. The molecule has 2 aromatic carbocycles. The number of anilines is 3. The van der Waals surface area contributed by atoms with E-state index in [1.165, 1.54) is 6.92 Å². The number of nitrogens with two attached hydrogens (primary N) is 1. The third kappa shape index (κ3) is 3.81. The first-order valence-corrected chi connectivity index (χ1v) is 9.04. The summed E-state index contributed by atoms with van der Waals surface area (Å²) in [7, 11) is 0. The fraction of sp³-hybridized carbons (Fsp3) is 0.0952. The second kappa shape index (κ2) is 7.51. The fourth-order valence-corrected chi connectivity index (χ4v) is 3.09. The molecule has 29 heavy (non-hydrogen) atoms. The van der Waals surface area contributed by atoms with E-state index >= 15 is 0 Å². The zero-order valence-electron chi connectivity index (χ0n) is 15.8. The number of nitrogens with zero attached hydrogens (tertiary/aromatic N) is 3. The number of nitrogens with one attached hydrogen (secondary N) is 2. The Hall–Kier alpha value is -4.07. The van der Waals surface area contributed by atoms with Gasteiger partial charge in [0.05, 0.1) is 17.6 Å². The predicted molar refractivity (Wildman–Crippen MR) is 113 cm³/mol. The maximum atomic E-state index is 11.3. The van der Waals surface area contributed by atoms with Gasteiger partial charge >= 0.3 is 0 Å². The van der Waals surface area contributed by atoms with E-state index in [0.29, 0.717) is 35.0 Å². The standard InChI is InChI=1S/C21H20N6O2/c1-13(28)25-15-6-4-5-14(9-15)11-23-20-10-18(16-7-2-3-8-19(16)29)26-21-17(22)12-24-27(20)21/h2-10,12,23,29H,11,22H2,1H3,(H,25,28). The van der Waals surface area contributed by atoms with Crippen LogP contribution in [-0.2, 0) is 11.3 Å². The molecule has 4 aromatic rings. The largest absolute Gasteiger partial charge is 0.507 e. The lowest BCUT2D eigenvalue weighted by Crippen LogP contribution is -2.08. The third-order valence-corrected chi connectivity index (χ3v) is 4.40. The molecule has 0 saturated carbocycles. The quantitative estimate of drug-likeness (QED) is 0.417. The lowest BCUT2D eigenvalue weighted by Gasteiger charge is -2.12. The average molecular weight is 388 g/mol. The molecule has 0 fully saturated rings. The smallest absolute Gasteiger partial charge is 0.221 e. The third-order valence-electron chi connectivity index (χ3n) is 4.40. The number of benzene rings is 2. The van der Waals surface area contributed by atoms with Crippen molar-refractivity contribution >= 4 is 28.7 Å². The maximum Gasteiger partial charge on any atom is 0.221 e. The molecule has 4 rings (SSSR count). The molecule has 2 heterocycles. The molecule has 8 heteroatoms. The minimum atomic E-state index is -0.120. The van der Waals surface area contributed by atoms with Gasteiger partial charge in [-0.05, 0) is 29.8 Å². The number of hydrogen-bond donors (Lipinski definition) is 4. The highest BCUT2D eigenvalue weighted by molar-refractivity contribution is 5.88. The normalized spacial score (nSPS) is 10.8. The minimum absolute atomic E-state index is 0.120. The highest BCUT2D eigenvalue weighted by atomic mass is 16.3. The van der Waals surface area contributed by atoms with Crippen molar-refractivity contribution in [1.29, 1.82) is 0 Å². The molecule has 146 valence electrons. The number of aromatic nitrogens is 3. The molecular weight excluding hydrogens is 368 g/mol. The van der Waals surface area contributed by atoms with E-state index in [4.69, 9.17) is 5.73 Å². The lowest BCUT2D eigenvalue weighted by atomic mass is 10.1. The van der Waals surface area contributed by atoms with Crippen LogP contribution in [0.15, 0.2) is 60.8 Å². The maximum absolute atomic E-state index is 11.3. The number of carbonyl (C=O) groups excluding carboxylic acids is 1. The molecule has 1 amide bonds. The molecule has 0 radical (unpaired) electrons. The summed E-state index contributed by atoms with van der Waals surface area (Å²) in [5.74, 6) is 0.691. The van der Waals surface area contributed by atoms with Gasteiger partial charge in [0.25, 0.3) is 0 Å². The number of carbonyl (C=O) groups is 1. The number of fused-ring (bicyclic) bond motifs is 1. The van der Waals surface area contributed by atoms with Gasteiger partial charge in [-0.2, -0.15) is 9.61 Å². The summed E-state index contributed by atoms with van der Waals surface area (Å²) in [5.41, 5.74) is 9.86. The number of para-hydroxylation sites is 1. The van der Waals surface area contributed by atoms with Crippen LogP contribution in [0.25, 0.3) is 16.9 Å². The minimum Gasteiger partial charge on any atom is -0.507 e. The van der Waals surface area contributed by atoms with Crippen LogP contribution in [-0.4, -0.2) is 25.6 Å². The zero-order valence-corrected chi connectivity index (χ0v) is 15.8. The number of amides is 1. The van der Waals surface area contributed by atoms with Crippen LogP contribution in [0, 0.1) is 0 Å². The van der Waals surface area contributed by atoms with Crippen molar-refractivity contribution in [3.8, 4) is 17.0 Å². The van der Waals surface area contributed by atoms with Crippen LogP contribution in [0.4, 0.5) is 17.2 Å². The van der Waals surface area contributed by atoms with Gasteiger partial charge in [-0.15, -0.1) is 0 Å². The van der Waals surface area contributed by atoms with Gasteiger partial charge < -0.3 is 21.5 Å². The fourth-order valence-electron chi connectivity index (χ4n) is 3.09. The molecule has 0 aliphatic rings. The van der Waals surface area contributed by atoms with Crippen LogP contribution in [0.1, 0.15) is 12.5 Å². The van der Waals surface area contributed by atoms with Crippen molar-refractivity contribution in [2.45, 2.75) is 13.5 Å². The van der Waals surface area contributed by atoms with Crippen molar-refractivity contribution in [3.05, 3.63) is 66.4 Å². The van der Waals surface area contributed by atoms with Gasteiger partial charge in [0.1, 0.15) is 11.6 Å². The highest BCUT2D eigenvalue weighted by Crippen LogP contribution is 2.30. The Morgan fingerprint density at radius 3 is 2.79 bits per heavy atom. The first kappa shape index (κ1) is 18.3. The highest BCUT2D eigenvalue weighted by Gasteiger charge is 2.13. The van der Waals surface area contributed by atoms with E-state index in [1.54, 1.807) is 28.9 Å². The molecule has 0 aliphatic heterocycles. The predicted octanol–water partition coefficient (Wildman–Crippen LogP) is 3.25. The molecule has 8 nitrogen and oxygen atoms in total. The number of aromatic hydroxyl groups is 1. The zero-order chi connectivity index (χ0) is 20.4. The molecule has 0 aliphatic carbocycles. The number of nitrogen functional groups attached to an aromatic ring is 1. The summed E-state index contributed by atoms with van der Waals surface area (Å²) in [6.07, 6.45) is 1.54. The van der Waals surface area contributed by atoms with Crippen LogP contribution in [0.2, 0.25) is 0 Å². The Balaban J connectivity index is 1.68. The Labute approximate surface area is 167 Å². The van der Waals surface area contributed by atoms with Crippen molar-refractivity contribution in [2.75, 3.05) is 16.4 Å². The van der Waals surface area contributed by atoms with Crippen molar-refractivity contribution in [2.24, 2.45) is 0 Å². The van der Waals surface area contributed by atoms with E-state index < -0.39 is 0 Å². The topological polar surface area (TPSA) is 118 Å². The monoisotopic (exact) mass is 388 g/mol. The van der Waals surface area contributed by atoms with E-state index in [1.807, 2.05) is 36.4 Å². The molecule has 0 unspecified atom stereocenters. The Kier molecular flexibility index (Phi) is 4.74. The average Bonchev–Trinajstić information content (AvgIpc) is 3.07. The van der Waals surface area contributed by atoms with E-state index in [-0.39, 0.29) is 11.7 Å². The van der Waals surface area contributed by atoms with Gasteiger partial charge in [0.15, 0.2) is 5.65 Å². The number of phenols is 1. The SMILES string of the molecule is CC(=O)Nc1cccc(CNc2cc(-c3ccccc3O)nc3c(N)cnn23)c1. The number of phenolic OH excluding ortho intramolecular Hbond substituents is 1. The first-order chi connectivity index (χ1) is 14.0. The molecule has 2 aromatic heterocycles. The number of rotatable bonds is 5. The van der Waals surface area contributed by atoms with Crippen molar-refractivity contribution in [3.63, 3.8) is 0 Å². The van der Waals surface area contributed by atoms with Gasteiger partial charge in [0.2, 0.25) is 5.91 Å². The second-order valence-electron chi connectivity index (χ2n) is 6.61. The van der Waals surface area contributed by atoms with Gasteiger partial charge in [-0.25, -0.2) is 4.98 Å².